The number of nitrogens with two attached hydrogens (primary N) is 2. The molecule has 0 saturated heterocycles. The summed E-state index contributed by atoms with van der Waals surface area (Å²) >= 11 is 0. The van der Waals surface area contributed by atoms with Crippen molar-refractivity contribution in [2.24, 2.45) is 11.5 Å². The molecule has 0 rings (SSSR count). The second-order valence-electron chi connectivity index (χ2n) is 0.939. The van der Waals surface area contributed by atoms with Crippen molar-refractivity contribution in [2.45, 2.75) is 0 Å². The van der Waals surface area contributed by atoms with E-state index in [0.717, 1.165) is 0 Å². The van der Waals surface area contributed by atoms with Crippen LogP contribution in [0.1, 0.15) is 0 Å². The van der Waals surface area contributed by atoms with E-state index in [0.29, 0.717) is 0 Å². The Morgan fingerprint density at radius 2 is 1.67 bits per heavy atom. The first-order valence-corrected chi connectivity index (χ1v) is 1.43. The van der Waals surface area contributed by atoms with E-state index < -0.39 is 0 Å². The Labute approximate surface area is 36.1 Å². The van der Waals surface area contributed by atoms with Gasteiger partial charge in [-0.1, -0.05) is 6.58 Å². The molecule has 0 aliphatic rings. The molecule has 34 valence electrons. The summed E-state index contributed by atoms with van der Waals surface area (Å²) in [5.74, 6) is -0.157. The molecule has 3 nitrogen and oxygen atoms in total. The lowest BCUT2D eigenvalue weighted by atomic mass is 10.5. The van der Waals surface area contributed by atoms with Gasteiger partial charge in [0.15, 0.2) is 0 Å². The Kier molecular flexibility index (Phi) is 1.21. The van der Waals surface area contributed by atoms with Crippen molar-refractivity contribution in [2.75, 3.05) is 0 Å². The fourth-order valence-electron chi connectivity index (χ4n) is 0. The van der Waals surface area contributed by atoms with Gasteiger partial charge >= 0.3 is 0 Å². The highest BCUT2D eigenvalue weighted by Crippen LogP contribution is 1.66. The van der Waals surface area contributed by atoms with Crippen LogP contribution in [0.3, 0.4) is 0 Å². The van der Waals surface area contributed by atoms with Gasteiger partial charge in [-0.25, -0.2) is 0 Å². The highest BCUT2D eigenvalue weighted by molar-refractivity contribution is 5.92. The van der Waals surface area contributed by atoms with Crippen LogP contribution in [0.25, 0.3) is 0 Å². The zero-order valence-corrected chi connectivity index (χ0v) is 3.36. The molecule has 0 heterocycles. The standard InChI is InChI=1S/C3H7N3/c1-2(4)3(5)6/h1,4H2,(H3,5,6). The molecule has 0 aromatic rings. The highest BCUT2D eigenvalue weighted by atomic mass is 14.8. The lowest BCUT2D eigenvalue weighted by molar-refractivity contribution is 1.37. The Morgan fingerprint density at radius 1 is 1.50 bits per heavy atom. The topological polar surface area (TPSA) is 75.9 Å². The van der Waals surface area contributed by atoms with Gasteiger partial charge in [0.1, 0.15) is 5.84 Å². The smallest absolute Gasteiger partial charge is 0.138 e. The van der Waals surface area contributed by atoms with Gasteiger partial charge in [-0.05, 0) is 0 Å². The molecule has 0 aromatic carbocycles. The maximum atomic E-state index is 6.50. The van der Waals surface area contributed by atoms with Crippen molar-refractivity contribution in [1.82, 2.24) is 0 Å². The van der Waals surface area contributed by atoms with Crippen LogP contribution in [0.5, 0.6) is 0 Å². The highest BCUT2D eigenvalue weighted by Gasteiger charge is 1.81. The van der Waals surface area contributed by atoms with E-state index in [2.05, 4.69) is 6.58 Å². The van der Waals surface area contributed by atoms with Crippen LogP contribution < -0.4 is 11.5 Å². The molecular weight excluding hydrogens is 78.1 g/mol. The predicted molar refractivity (Wildman–Crippen MR) is 25.2 cm³/mol. The molecule has 0 bridgehead atoms. The summed E-state index contributed by atoms with van der Waals surface area (Å²) in [5.41, 5.74) is 9.81. The molecule has 3 heteroatoms. The van der Waals surface area contributed by atoms with Crippen molar-refractivity contribution in [3.05, 3.63) is 12.3 Å². The minimum atomic E-state index is -0.157. The summed E-state index contributed by atoms with van der Waals surface area (Å²) in [6.45, 7) is 3.18. The average molecular weight is 85.1 g/mol. The third-order valence-corrected chi connectivity index (χ3v) is 0.346. The first kappa shape index (κ1) is 5.01. The zero-order chi connectivity index (χ0) is 5.15. The molecule has 0 amide bonds. The fourth-order valence-corrected chi connectivity index (χ4v) is 0. The monoisotopic (exact) mass is 85.1 g/mol. The van der Waals surface area contributed by atoms with Crippen molar-refractivity contribution < 1.29 is 0 Å². The van der Waals surface area contributed by atoms with Gasteiger partial charge in [0.25, 0.3) is 0 Å². The third-order valence-electron chi connectivity index (χ3n) is 0.346. The van der Waals surface area contributed by atoms with Crippen molar-refractivity contribution in [1.29, 1.82) is 5.41 Å². The van der Waals surface area contributed by atoms with Crippen LogP contribution in [-0.2, 0) is 0 Å². The molecule has 0 fully saturated rings. The molecule has 6 heavy (non-hydrogen) atoms. The van der Waals surface area contributed by atoms with Gasteiger partial charge in [-0.3, -0.25) is 5.41 Å². The molecule has 0 aliphatic carbocycles. The number of amidine groups is 1. The molecule has 0 radical (unpaired) electrons. The number of hydrogen-bond acceptors (Lipinski definition) is 2. The van der Waals surface area contributed by atoms with Crippen LogP contribution >= 0.6 is 0 Å². The second-order valence-corrected chi connectivity index (χ2v) is 0.939. The van der Waals surface area contributed by atoms with E-state index >= 15 is 0 Å². The van der Waals surface area contributed by atoms with Gasteiger partial charge in [-0.15, -0.1) is 0 Å². The van der Waals surface area contributed by atoms with Gasteiger partial charge < -0.3 is 11.5 Å². The largest absolute Gasteiger partial charge is 0.396 e. The maximum absolute atomic E-state index is 6.50. The normalized spacial score (nSPS) is 7.33. The number of hydrogen-bond donors (Lipinski definition) is 3. The van der Waals surface area contributed by atoms with E-state index in [4.69, 9.17) is 16.9 Å². The predicted octanol–water partition coefficient (Wildman–Crippen LogP) is -0.605. The molecule has 0 atom stereocenters. The maximum Gasteiger partial charge on any atom is 0.138 e. The lowest BCUT2D eigenvalue weighted by Gasteiger charge is -1.87. The van der Waals surface area contributed by atoms with E-state index in [1.807, 2.05) is 0 Å². The molecule has 0 saturated carbocycles. The Morgan fingerprint density at radius 3 is 1.67 bits per heavy atom. The van der Waals surface area contributed by atoms with Gasteiger partial charge in [-0.2, -0.15) is 0 Å². The van der Waals surface area contributed by atoms with E-state index in [1.165, 1.54) is 0 Å². The quantitative estimate of drug-likeness (QED) is 0.293. The fraction of sp³-hybridized carbons (Fsp3) is 0. The van der Waals surface area contributed by atoms with Crippen molar-refractivity contribution in [3.63, 3.8) is 0 Å². The third kappa shape index (κ3) is 1.34. The molecule has 0 spiro atoms. The Hall–Kier alpha value is -0.990. The van der Waals surface area contributed by atoms with Crippen LogP contribution in [0.15, 0.2) is 12.3 Å². The first-order valence-electron chi connectivity index (χ1n) is 1.43. The first-order chi connectivity index (χ1) is 2.64. The number of nitrogens with one attached hydrogen (secondary N) is 1. The van der Waals surface area contributed by atoms with Gasteiger partial charge in [0.2, 0.25) is 0 Å². The minimum absolute atomic E-state index is 0.120. The number of rotatable bonds is 1. The molecule has 5 N–H and O–H groups in total. The van der Waals surface area contributed by atoms with Crippen LogP contribution in [0.2, 0.25) is 0 Å². The van der Waals surface area contributed by atoms with Crippen LogP contribution in [-0.4, -0.2) is 5.84 Å². The van der Waals surface area contributed by atoms with Crippen LogP contribution in [0.4, 0.5) is 0 Å². The summed E-state index contributed by atoms with van der Waals surface area (Å²) in [5, 5.41) is 6.50. The molecule has 0 unspecified atom stereocenters. The van der Waals surface area contributed by atoms with Gasteiger partial charge in [0.05, 0.1) is 5.70 Å². The van der Waals surface area contributed by atoms with E-state index in [9.17, 15) is 0 Å². The zero-order valence-electron chi connectivity index (χ0n) is 3.36. The van der Waals surface area contributed by atoms with Crippen molar-refractivity contribution >= 4 is 5.84 Å². The lowest BCUT2D eigenvalue weighted by Crippen LogP contribution is -2.17. The molecule has 0 aliphatic heterocycles. The summed E-state index contributed by atoms with van der Waals surface area (Å²) in [7, 11) is 0. The molecule has 0 aromatic heterocycles. The van der Waals surface area contributed by atoms with Crippen molar-refractivity contribution in [3.8, 4) is 0 Å². The second kappa shape index (κ2) is 1.45. The SMILES string of the molecule is C=C(N)C(=N)N. The average Bonchev–Trinajstić information content (AvgIpc) is 1.36. The summed E-state index contributed by atoms with van der Waals surface area (Å²) in [6, 6.07) is 0. The Balaban J connectivity index is 3.57. The summed E-state index contributed by atoms with van der Waals surface area (Å²) in [4.78, 5) is 0. The Bertz CT molecular complexity index is 72.0. The van der Waals surface area contributed by atoms with E-state index in [-0.39, 0.29) is 11.5 Å². The summed E-state index contributed by atoms with van der Waals surface area (Å²) < 4.78 is 0. The van der Waals surface area contributed by atoms with Gasteiger partial charge in [0, 0.05) is 0 Å². The molecular formula is C3H7N3. The summed E-state index contributed by atoms with van der Waals surface area (Å²) in [6.07, 6.45) is 0. The minimum Gasteiger partial charge on any atom is -0.396 e. The van der Waals surface area contributed by atoms with Crippen LogP contribution in [0, 0.1) is 5.41 Å². The van der Waals surface area contributed by atoms with E-state index in [1.54, 1.807) is 0 Å².